The van der Waals surface area contributed by atoms with Crippen LogP contribution in [0.1, 0.15) is 35.5 Å². The van der Waals surface area contributed by atoms with Crippen molar-refractivity contribution in [3.05, 3.63) is 17.5 Å². The van der Waals surface area contributed by atoms with Gasteiger partial charge in [-0.1, -0.05) is 5.16 Å². The Kier molecular flexibility index (Phi) is 4.23. The zero-order valence-corrected chi connectivity index (χ0v) is 12.4. The van der Waals surface area contributed by atoms with Crippen molar-refractivity contribution < 1.29 is 9.32 Å². The Morgan fingerprint density at radius 1 is 1.52 bits per heavy atom. The molecule has 2 atom stereocenters. The SMILES string of the molecule is CN1CCCC2CN(Cc3cc(C(=O)NN)no3)CCC21. The van der Waals surface area contributed by atoms with Crippen LogP contribution in [-0.2, 0) is 6.54 Å². The van der Waals surface area contributed by atoms with Crippen LogP contribution in [0.2, 0.25) is 0 Å². The summed E-state index contributed by atoms with van der Waals surface area (Å²) in [5.74, 6) is 6.13. The van der Waals surface area contributed by atoms with E-state index in [4.69, 9.17) is 10.4 Å². The van der Waals surface area contributed by atoms with Crippen molar-refractivity contribution in [1.29, 1.82) is 0 Å². The molecule has 2 aliphatic rings. The van der Waals surface area contributed by atoms with E-state index in [0.717, 1.165) is 30.8 Å². The number of amides is 1. The molecule has 0 saturated carbocycles. The van der Waals surface area contributed by atoms with E-state index in [2.05, 4.69) is 27.4 Å². The van der Waals surface area contributed by atoms with Crippen LogP contribution < -0.4 is 11.3 Å². The monoisotopic (exact) mass is 293 g/mol. The minimum absolute atomic E-state index is 0.236. The summed E-state index contributed by atoms with van der Waals surface area (Å²) >= 11 is 0. The van der Waals surface area contributed by atoms with Gasteiger partial charge in [0.1, 0.15) is 0 Å². The van der Waals surface area contributed by atoms with Crippen LogP contribution in [0.3, 0.4) is 0 Å². The summed E-state index contributed by atoms with van der Waals surface area (Å²) in [7, 11) is 2.24. The highest BCUT2D eigenvalue weighted by Crippen LogP contribution is 2.30. The Bertz CT molecular complexity index is 503. The zero-order chi connectivity index (χ0) is 14.8. The molecule has 7 heteroatoms. The predicted octanol–water partition coefficient (Wildman–Crippen LogP) is 0.194. The fourth-order valence-electron chi connectivity index (χ4n) is 3.66. The maximum Gasteiger partial charge on any atom is 0.287 e. The average molecular weight is 293 g/mol. The van der Waals surface area contributed by atoms with Gasteiger partial charge in [0.05, 0.1) is 6.54 Å². The van der Waals surface area contributed by atoms with Gasteiger partial charge >= 0.3 is 0 Å². The molecule has 1 amide bonds. The summed E-state index contributed by atoms with van der Waals surface area (Å²) < 4.78 is 5.23. The number of nitrogens with two attached hydrogens (primary N) is 1. The summed E-state index contributed by atoms with van der Waals surface area (Å²) in [6.45, 7) is 4.08. The lowest BCUT2D eigenvalue weighted by Crippen LogP contribution is -2.52. The molecule has 2 unspecified atom stereocenters. The number of hydrogen-bond donors (Lipinski definition) is 2. The molecule has 3 rings (SSSR count). The van der Waals surface area contributed by atoms with Crippen molar-refractivity contribution in [1.82, 2.24) is 20.4 Å². The van der Waals surface area contributed by atoms with E-state index < -0.39 is 5.91 Å². The van der Waals surface area contributed by atoms with E-state index in [9.17, 15) is 4.79 Å². The number of nitrogens with zero attached hydrogens (tertiary/aromatic N) is 3. The molecule has 3 heterocycles. The van der Waals surface area contributed by atoms with Gasteiger partial charge in [0.15, 0.2) is 11.5 Å². The molecule has 0 radical (unpaired) electrons. The van der Waals surface area contributed by atoms with Gasteiger partial charge in [-0.25, -0.2) is 5.84 Å². The van der Waals surface area contributed by atoms with Crippen molar-refractivity contribution >= 4 is 5.91 Å². The zero-order valence-electron chi connectivity index (χ0n) is 12.4. The summed E-state index contributed by atoms with van der Waals surface area (Å²) in [5.41, 5.74) is 2.30. The van der Waals surface area contributed by atoms with Crippen molar-refractivity contribution in [2.75, 3.05) is 26.7 Å². The topological polar surface area (TPSA) is 87.6 Å². The summed E-state index contributed by atoms with van der Waals surface area (Å²) in [4.78, 5) is 16.3. The lowest BCUT2D eigenvalue weighted by atomic mass is 9.84. The van der Waals surface area contributed by atoms with E-state index in [1.54, 1.807) is 6.07 Å². The molecule has 2 saturated heterocycles. The standard InChI is InChI=1S/C14H23N5O2/c1-18-5-2-3-10-8-19(6-4-13(10)18)9-11-7-12(17-21-11)14(20)16-15/h7,10,13H,2-6,8-9,15H2,1H3,(H,16,20). The molecule has 1 aromatic rings. The molecule has 1 aromatic heterocycles. The highest BCUT2D eigenvalue weighted by molar-refractivity contribution is 5.91. The minimum atomic E-state index is -0.419. The second-order valence-electron chi connectivity index (χ2n) is 6.13. The van der Waals surface area contributed by atoms with Gasteiger partial charge in [0.2, 0.25) is 0 Å². The highest BCUT2D eigenvalue weighted by atomic mass is 16.5. The highest BCUT2D eigenvalue weighted by Gasteiger charge is 2.34. The lowest BCUT2D eigenvalue weighted by Gasteiger charge is -2.45. The summed E-state index contributed by atoms with van der Waals surface area (Å²) in [6.07, 6.45) is 3.79. The largest absolute Gasteiger partial charge is 0.359 e. The minimum Gasteiger partial charge on any atom is -0.359 e. The van der Waals surface area contributed by atoms with Crippen LogP contribution in [-0.4, -0.2) is 53.6 Å². The number of hydrogen-bond acceptors (Lipinski definition) is 6. The number of carbonyl (C=O) groups is 1. The van der Waals surface area contributed by atoms with Crippen LogP contribution in [0, 0.1) is 5.92 Å². The Hall–Kier alpha value is -1.44. The van der Waals surface area contributed by atoms with Gasteiger partial charge in [-0.05, 0) is 38.8 Å². The first kappa shape index (κ1) is 14.5. The van der Waals surface area contributed by atoms with Crippen molar-refractivity contribution in [3.8, 4) is 0 Å². The Morgan fingerprint density at radius 2 is 2.38 bits per heavy atom. The predicted molar refractivity (Wildman–Crippen MR) is 77.2 cm³/mol. The van der Waals surface area contributed by atoms with E-state index >= 15 is 0 Å². The third-order valence-corrected chi connectivity index (χ3v) is 4.73. The van der Waals surface area contributed by atoms with E-state index in [1.807, 2.05) is 0 Å². The Morgan fingerprint density at radius 3 is 3.19 bits per heavy atom. The molecule has 2 aliphatic heterocycles. The quantitative estimate of drug-likeness (QED) is 0.470. The number of fused-ring (bicyclic) bond motifs is 1. The number of rotatable bonds is 3. The van der Waals surface area contributed by atoms with E-state index in [-0.39, 0.29) is 5.69 Å². The van der Waals surface area contributed by atoms with Crippen molar-refractivity contribution in [2.45, 2.75) is 31.8 Å². The third kappa shape index (κ3) is 3.09. The second-order valence-corrected chi connectivity index (χ2v) is 6.13. The number of likely N-dealkylation sites (tertiary alicyclic amines) is 2. The van der Waals surface area contributed by atoms with Gasteiger partial charge in [-0.3, -0.25) is 15.1 Å². The molecule has 0 aliphatic carbocycles. The molecular formula is C14H23N5O2. The van der Waals surface area contributed by atoms with E-state index in [0.29, 0.717) is 6.54 Å². The first-order valence-electron chi connectivity index (χ1n) is 7.56. The van der Waals surface area contributed by atoms with Gasteiger partial charge in [-0.2, -0.15) is 0 Å². The summed E-state index contributed by atoms with van der Waals surface area (Å²) in [5, 5.41) is 3.74. The molecule has 2 fully saturated rings. The normalized spacial score (nSPS) is 27.3. The Labute approximate surface area is 124 Å². The van der Waals surface area contributed by atoms with Crippen molar-refractivity contribution in [2.24, 2.45) is 11.8 Å². The molecule has 116 valence electrons. The number of aromatic nitrogens is 1. The first-order chi connectivity index (χ1) is 10.2. The number of nitrogen functional groups attached to an aromatic ring is 1. The van der Waals surface area contributed by atoms with Crippen molar-refractivity contribution in [3.63, 3.8) is 0 Å². The third-order valence-electron chi connectivity index (χ3n) is 4.73. The first-order valence-corrected chi connectivity index (χ1v) is 7.56. The Balaban J connectivity index is 1.59. The second kappa shape index (κ2) is 6.13. The van der Waals surface area contributed by atoms with Gasteiger partial charge in [0.25, 0.3) is 5.91 Å². The molecule has 0 aromatic carbocycles. The maximum atomic E-state index is 11.4. The molecule has 7 nitrogen and oxygen atoms in total. The molecule has 0 spiro atoms. The number of carbonyl (C=O) groups excluding carboxylic acids is 1. The van der Waals surface area contributed by atoms with Crippen LogP contribution >= 0.6 is 0 Å². The summed E-state index contributed by atoms with van der Waals surface area (Å²) in [6, 6.07) is 2.39. The maximum absolute atomic E-state index is 11.4. The fourth-order valence-corrected chi connectivity index (χ4v) is 3.66. The van der Waals surface area contributed by atoms with Gasteiger partial charge in [0, 0.05) is 25.2 Å². The molecule has 0 bridgehead atoms. The lowest BCUT2D eigenvalue weighted by molar-refractivity contribution is 0.0322. The molecule has 3 N–H and O–H groups in total. The molecule has 21 heavy (non-hydrogen) atoms. The van der Waals surface area contributed by atoms with Crippen LogP contribution in [0.25, 0.3) is 0 Å². The molecular weight excluding hydrogens is 270 g/mol. The number of piperidine rings is 2. The van der Waals surface area contributed by atoms with Gasteiger partial charge in [-0.15, -0.1) is 0 Å². The smallest absolute Gasteiger partial charge is 0.287 e. The van der Waals surface area contributed by atoms with Crippen LogP contribution in [0.15, 0.2) is 10.6 Å². The van der Waals surface area contributed by atoms with Gasteiger partial charge < -0.3 is 9.42 Å². The average Bonchev–Trinajstić information content (AvgIpc) is 2.95. The number of hydrazine groups is 1. The van der Waals surface area contributed by atoms with Crippen LogP contribution in [0.5, 0.6) is 0 Å². The van der Waals surface area contributed by atoms with Crippen LogP contribution in [0.4, 0.5) is 0 Å². The fraction of sp³-hybridized carbons (Fsp3) is 0.714. The number of nitrogens with one attached hydrogen (secondary N) is 1. The van der Waals surface area contributed by atoms with E-state index in [1.165, 1.54) is 25.8 Å².